The number of nitrogens with two attached hydrogens (primary N) is 1. The third kappa shape index (κ3) is 2.61. The van der Waals surface area contributed by atoms with Gasteiger partial charge in [0.25, 0.3) is 0 Å². The Morgan fingerprint density at radius 1 is 1.44 bits per heavy atom. The van der Waals surface area contributed by atoms with Crippen molar-refractivity contribution in [2.45, 2.75) is 51.7 Å². The minimum absolute atomic E-state index is 0.414. The highest BCUT2D eigenvalue weighted by Gasteiger charge is 2.30. The van der Waals surface area contributed by atoms with Gasteiger partial charge in [-0.2, -0.15) is 5.10 Å². The lowest BCUT2D eigenvalue weighted by atomic mass is 9.89. The lowest BCUT2D eigenvalue weighted by Gasteiger charge is -2.35. The molecule has 5 nitrogen and oxygen atoms in total. The normalized spacial score (nSPS) is 22.8. The Balaban J connectivity index is 1.94. The molecule has 0 saturated heterocycles. The van der Waals surface area contributed by atoms with Gasteiger partial charge in [-0.05, 0) is 26.2 Å². The van der Waals surface area contributed by atoms with Gasteiger partial charge in [0.2, 0.25) is 0 Å². The van der Waals surface area contributed by atoms with Crippen LogP contribution in [0.4, 0.5) is 11.5 Å². The summed E-state index contributed by atoms with van der Waals surface area (Å²) in [6.45, 7) is 4.97. The summed E-state index contributed by atoms with van der Waals surface area (Å²) in [6, 6.07) is 0.466. The summed E-state index contributed by atoms with van der Waals surface area (Å²) >= 11 is 0. The van der Waals surface area contributed by atoms with Gasteiger partial charge in [-0.3, -0.25) is 4.68 Å². The van der Waals surface area contributed by atoms with Crippen LogP contribution in [-0.4, -0.2) is 28.5 Å². The number of anilines is 2. The van der Waals surface area contributed by atoms with Crippen LogP contribution in [0.2, 0.25) is 0 Å². The first-order chi connectivity index (χ1) is 8.65. The topological polar surface area (TPSA) is 65.1 Å². The van der Waals surface area contributed by atoms with E-state index in [1.165, 1.54) is 0 Å². The van der Waals surface area contributed by atoms with Crippen molar-refractivity contribution in [1.82, 2.24) is 9.78 Å². The molecule has 1 heterocycles. The van der Waals surface area contributed by atoms with Crippen molar-refractivity contribution in [1.29, 1.82) is 0 Å². The highest BCUT2D eigenvalue weighted by molar-refractivity contribution is 5.65. The van der Waals surface area contributed by atoms with Crippen LogP contribution in [-0.2, 0) is 18.2 Å². The fourth-order valence-corrected chi connectivity index (χ4v) is 2.44. The molecule has 0 aromatic carbocycles. The molecule has 1 aliphatic carbocycles. The zero-order valence-electron chi connectivity index (χ0n) is 11.6. The number of hydrogen-bond donors (Lipinski definition) is 2. The monoisotopic (exact) mass is 252 g/mol. The molecule has 0 aliphatic heterocycles. The number of nitrogens with zero attached hydrogens (tertiary/aromatic N) is 2. The van der Waals surface area contributed by atoms with E-state index in [1.54, 1.807) is 0 Å². The summed E-state index contributed by atoms with van der Waals surface area (Å²) in [5, 5.41) is 7.94. The molecular weight excluding hydrogens is 228 g/mol. The van der Waals surface area contributed by atoms with Crippen LogP contribution in [0.5, 0.6) is 0 Å². The number of nitrogen functional groups attached to an aromatic ring is 1. The van der Waals surface area contributed by atoms with Crippen LogP contribution < -0.4 is 11.1 Å². The number of nitrogens with one attached hydrogen (secondary N) is 1. The molecule has 2 rings (SSSR count). The number of rotatable bonds is 6. The smallest absolute Gasteiger partial charge is 0.148 e. The number of aryl methyl sites for hydroxylation is 2. The van der Waals surface area contributed by atoms with Gasteiger partial charge in [0, 0.05) is 19.7 Å². The molecule has 1 aromatic rings. The minimum Gasteiger partial charge on any atom is -0.394 e. The van der Waals surface area contributed by atoms with Crippen molar-refractivity contribution in [2.75, 3.05) is 17.7 Å². The van der Waals surface area contributed by atoms with Gasteiger partial charge in [-0.15, -0.1) is 0 Å². The molecule has 1 saturated carbocycles. The maximum absolute atomic E-state index is 6.13. The van der Waals surface area contributed by atoms with Crippen LogP contribution in [0.15, 0.2) is 0 Å². The standard InChI is InChI=1S/C13H24N4O/c1-4-6-11-12(14)13(17(3)16-11)15-9-7-10(8-9)18-5-2/h9-10,15H,4-8,14H2,1-3H3. The van der Waals surface area contributed by atoms with Gasteiger partial charge < -0.3 is 15.8 Å². The average molecular weight is 252 g/mol. The molecule has 0 bridgehead atoms. The first-order valence-corrected chi connectivity index (χ1v) is 6.85. The van der Waals surface area contributed by atoms with E-state index in [4.69, 9.17) is 10.5 Å². The lowest BCUT2D eigenvalue weighted by Crippen LogP contribution is -2.41. The predicted molar refractivity (Wildman–Crippen MR) is 73.7 cm³/mol. The molecule has 3 N–H and O–H groups in total. The van der Waals surface area contributed by atoms with Crippen LogP contribution in [0.3, 0.4) is 0 Å². The summed E-state index contributed by atoms with van der Waals surface area (Å²) in [5.41, 5.74) is 7.94. The first-order valence-electron chi connectivity index (χ1n) is 6.85. The molecule has 0 atom stereocenters. The van der Waals surface area contributed by atoms with Crippen molar-refractivity contribution in [2.24, 2.45) is 7.05 Å². The molecule has 102 valence electrons. The molecule has 0 spiro atoms. The number of aromatic nitrogens is 2. The highest BCUT2D eigenvalue weighted by Crippen LogP contribution is 2.30. The van der Waals surface area contributed by atoms with E-state index in [0.29, 0.717) is 12.1 Å². The lowest BCUT2D eigenvalue weighted by molar-refractivity contribution is 0.00287. The zero-order chi connectivity index (χ0) is 13.1. The summed E-state index contributed by atoms with van der Waals surface area (Å²) in [4.78, 5) is 0. The summed E-state index contributed by atoms with van der Waals surface area (Å²) in [6.07, 6.45) is 4.53. The van der Waals surface area contributed by atoms with Crippen molar-refractivity contribution in [3.63, 3.8) is 0 Å². The van der Waals surface area contributed by atoms with Gasteiger partial charge >= 0.3 is 0 Å². The Kier molecular flexibility index (Phi) is 4.11. The van der Waals surface area contributed by atoms with Crippen LogP contribution in [0.25, 0.3) is 0 Å². The molecule has 0 amide bonds. The molecule has 18 heavy (non-hydrogen) atoms. The second kappa shape index (κ2) is 5.61. The quantitative estimate of drug-likeness (QED) is 0.812. The Hall–Kier alpha value is -1.23. The van der Waals surface area contributed by atoms with Gasteiger partial charge in [0.15, 0.2) is 0 Å². The summed E-state index contributed by atoms with van der Waals surface area (Å²) in [7, 11) is 1.94. The van der Waals surface area contributed by atoms with Crippen molar-refractivity contribution in [3.05, 3.63) is 5.69 Å². The first kappa shape index (κ1) is 13.2. The van der Waals surface area contributed by atoms with Crippen molar-refractivity contribution in [3.8, 4) is 0 Å². The average Bonchev–Trinajstić information content (AvgIpc) is 2.54. The van der Waals surface area contributed by atoms with Gasteiger partial charge in [0.1, 0.15) is 5.82 Å². The predicted octanol–water partition coefficient (Wildman–Crippen LogP) is 1.93. The molecule has 5 heteroatoms. The number of hydrogen-bond acceptors (Lipinski definition) is 4. The highest BCUT2D eigenvalue weighted by atomic mass is 16.5. The van der Waals surface area contributed by atoms with E-state index in [1.807, 2.05) is 18.7 Å². The van der Waals surface area contributed by atoms with Gasteiger partial charge in [0.05, 0.1) is 17.5 Å². The van der Waals surface area contributed by atoms with E-state index in [2.05, 4.69) is 17.3 Å². The van der Waals surface area contributed by atoms with Gasteiger partial charge in [-0.1, -0.05) is 13.3 Å². The molecular formula is C13H24N4O. The Morgan fingerprint density at radius 3 is 2.78 bits per heavy atom. The fraction of sp³-hybridized carbons (Fsp3) is 0.769. The van der Waals surface area contributed by atoms with Crippen LogP contribution >= 0.6 is 0 Å². The van der Waals surface area contributed by atoms with E-state index >= 15 is 0 Å². The molecule has 1 aliphatic rings. The van der Waals surface area contributed by atoms with Crippen LogP contribution in [0, 0.1) is 0 Å². The molecule has 0 radical (unpaired) electrons. The number of ether oxygens (including phenoxy) is 1. The summed E-state index contributed by atoms with van der Waals surface area (Å²) < 4.78 is 7.41. The third-order valence-electron chi connectivity index (χ3n) is 3.49. The van der Waals surface area contributed by atoms with Crippen molar-refractivity contribution >= 4 is 11.5 Å². The molecule has 0 unspecified atom stereocenters. The molecule has 1 aromatic heterocycles. The largest absolute Gasteiger partial charge is 0.394 e. The van der Waals surface area contributed by atoms with E-state index in [9.17, 15) is 0 Å². The Labute approximate surface area is 109 Å². The second-order valence-corrected chi connectivity index (χ2v) is 4.97. The van der Waals surface area contributed by atoms with E-state index < -0.39 is 0 Å². The van der Waals surface area contributed by atoms with E-state index in [-0.39, 0.29) is 0 Å². The Morgan fingerprint density at radius 2 is 2.17 bits per heavy atom. The molecule has 1 fully saturated rings. The Bertz CT molecular complexity index is 396. The maximum atomic E-state index is 6.13. The minimum atomic E-state index is 0.414. The second-order valence-electron chi connectivity index (χ2n) is 4.97. The maximum Gasteiger partial charge on any atom is 0.148 e. The van der Waals surface area contributed by atoms with Crippen LogP contribution in [0.1, 0.15) is 38.8 Å². The van der Waals surface area contributed by atoms with E-state index in [0.717, 1.165) is 49.5 Å². The third-order valence-corrected chi connectivity index (χ3v) is 3.49. The zero-order valence-corrected chi connectivity index (χ0v) is 11.6. The summed E-state index contributed by atoms with van der Waals surface area (Å²) in [5.74, 6) is 0.957. The van der Waals surface area contributed by atoms with Gasteiger partial charge in [-0.25, -0.2) is 0 Å². The SMILES string of the molecule is CCCc1nn(C)c(NC2CC(OCC)C2)c1N. The van der Waals surface area contributed by atoms with Crippen molar-refractivity contribution < 1.29 is 4.74 Å². The fourth-order valence-electron chi connectivity index (χ4n) is 2.44.